The summed E-state index contributed by atoms with van der Waals surface area (Å²) in [6.45, 7) is 6.17. The number of carbonyl (C=O) groups excluding carboxylic acids is 1. The Hall–Kier alpha value is -1.65. The molecule has 1 N–H and O–H groups in total. The van der Waals surface area contributed by atoms with Gasteiger partial charge in [-0.15, -0.1) is 11.8 Å². The summed E-state index contributed by atoms with van der Waals surface area (Å²) in [4.78, 5) is 12.5. The molecule has 3 nitrogen and oxygen atoms in total. The van der Waals surface area contributed by atoms with E-state index in [1.54, 1.807) is 11.8 Å². The number of fused-ring (bicyclic) bond motifs is 1. The van der Waals surface area contributed by atoms with Gasteiger partial charge in [-0.25, -0.2) is 0 Å². The van der Waals surface area contributed by atoms with Crippen LogP contribution in [-0.4, -0.2) is 17.3 Å². The average molecular weight is 390 g/mol. The molecule has 5 heteroatoms. The van der Waals surface area contributed by atoms with Crippen LogP contribution < -0.4 is 10.1 Å². The maximum absolute atomic E-state index is 12.5. The molecule has 1 heterocycles. The lowest BCUT2D eigenvalue weighted by Gasteiger charge is -2.38. The third kappa shape index (κ3) is 4.95. The molecule has 2 aromatic carbocycles. The third-order valence-corrected chi connectivity index (χ3v) is 5.59. The first kappa shape index (κ1) is 19.1. The third-order valence-electron chi connectivity index (χ3n) is 4.35. The molecule has 0 saturated carbocycles. The van der Waals surface area contributed by atoms with E-state index in [-0.39, 0.29) is 17.6 Å². The zero-order chi connectivity index (χ0) is 18.7. The van der Waals surface area contributed by atoms with Gasteiger partial charge in [0.15, 0.2) is 0 Å². The van der Waals surface area contributed by atoms with Crippen molar-refractivity contribution in [1.82, 2.24) is 5.32 Å². The lowest BCUT2D eigenvalue weighted by atomic mass is 9.89. The molecular formula is C21H24ClNO2S. The van der Waals surface area contributed by atoms with E-state index in [0.29, 0.717) is 5.75 Å². The van der Waals surface area contributed by atoms with Gasteiger partial charge >= 0.3 is 0 Å². The minimum Gasteiger partial charge on any atom is -0.487 e. The Morgan fingerprint density at radius 1 is 1.31 bits per heavy atom. The second-order valence-electron chi connectivity index (χ2n) is 7.35. The van der Waals surface area contributed by atoms with Gasteiger partial charge in [0.25, 0.3) is 0 Å². The number of carbonyl (C=O) groups is 1. The molecule has 1 unspecified atom stereocenters. The van der Waals surface area contributed by atoms with Crippen LogP contribution in [0.4, 0.5) is 0 Å². The van der Waals surface area contributed by atoms with Crippen LogP contribution in [0.15, 0.2) is 42.5 Å². The van der Waals surface area contributed by atoms with Gasteiger partial charge in [-0.3, -0.25) is 4.79 Å². The molecule has 1 amide bonds. The van der Waals surface area contributed by atoms with Crippen LogP contribution in [0.5, 0.6) is 5.75 Å². The predicted molar refractivity (Wildman–Crippen MR) is 109 cm³/mol. The average Bonchev–Trinajstić information content (AvgIpc) is 2.55. The van der Waals surface area contributed by atoms with Crippen LogP contribution in [0.25, 0.3) is 0 Å². The van der Waals surface area contributed by atoms with Crippen LogP contribution in [-0.2, 0) is 10.5 Å². The molecule has 138 valence electrons. The Morgan fingerprint density at radius 3 is 2.88 bits per heavy atom. The molecule has 0 radical (unpaired) electrons. The molecular weight excluding hydrogens is 366 g/mol. The molecule has 1 aliphatic heterocycles. The first-order valence-electron chi connectivity index (χ1n) is 8.73. The van der Waals surface area contributed by atoms with E-state index in [1.165, 1.54) is 5.56 Å². The van der Waals surface area contributed by atoms with E-state index in [9.17, 15) is 4.79 Å². The van der Waals surface area contributed by atoms with Crippen molar-refractivity contribution in [3.05, 3.63) is 64.2 Å². The van der Waals surface area contributed by atoms with Crippen LogP contribution in [0.2, 0.25) is 5.02 Å². The highest BCUT2D eigenvalue weighted by atomic mass is 35.5. The highest BCUT2D eigenvalue weighted by Crippen LogP contribution is 2.39. The second kappa shape index (κ2) is 7.93. The van der Waals surface area contributed by atoms with Gasteiger partial charge in [-0.2, -0.15) is 0 Å². The van der Waals surface area contributed by atoms with E-state index < -0.39 is 0 Å². The topological polar surface area (TPSA) is 38.3 Å². The smallest absolute Gasteiger partial charge is 0.230 e. The molecule has 0 aliphatic carbocycles. The van der Waals surface area contributed by atoms with Crippen LogP contribution in [0.3, 0.4) is 0 Å². The highest BCUT2D eigenvalue weighted by molar-refractivity contribution is 7.99. The summed E-state index contributed by atoms with van der Waals surface area (Å²) >= 11 is 7.60. The monoisotopic (exact) mass is 389 g/mol. The summed E-state index contributed by atoms with van der Waals surface area (Å²) in [5.41, 5.74) is 3.07. The molecule has 3 rings (SSSR count). The van der Waals surface area contributed by atoms with E-state index in [1.807, 2.05) is 36.4 Å². The number of rotatable bonds is 5. The van der Waals surface area contributed by atoms with Crippen molar-refractivity contribution in [3.8, 4) is 5.75 Å². The number of nitrogens with one attached hydrogen (secondary N) is 1. The normalized spacial score (nSPS) is 17.9. The van der Waals surface area contributed by atoms with Crippen molar-refractivity contribution < 1.29 is 9.53 Å². The molecule has 1 atom stereocenters. The molecule has 0 bridgehead atoms. The molecule has 26 heavy (non-hydrogen) atoms. The van der Waals surface area contributed by atoms with Gasteiger partial charge in [0.2, 0.25) is 5.91 Å². The number of amides is 1. The number of benzene rings is 2. The molecule has 0 aromatic heterocycles. The van der Waals surface area contributed by atoms with Crippen LogP contribution >= 0.6 is 23.4 Å². The zero-order valence-electron chi connectivity index (χ0n) is 15.3. The fourth-order valence-electron chi connectivity index (χ4n) is 3.23. The number of ether oxygens (including phenoxy) is 1. The van der Waals surface area contributed by atoms with E-state index in [0.717, 1.165) is 34.1 Å². The van der Waals surface area contributed by atoms with Crippen molar-refractivity contribution in [3.63, 3.8) is 0 Å². The van der Waals surface area contributed by atoms with Crippen LogP contribution in [0.1, 0.15) is 43.0 Å². The SMILES string of the molecule is Cc1ccc2c(c1)C(NC(=O)CSCc1cccc(Cl)c1)CC(C)(C)O2. The largest absolute Gasteiger partial charge is 0.487 e. The summed E-state index contributed by atoms with van der Waals surface area (Å²) in [5, 5.41) is 3.92. The van der Waals surface area contributed by atoms with Gasteiger partial charge in [0.1, 0.15) is 11.4 Å². The fourth-order valence-corrected chi connectivity index (χ4v) is 4.23. The molecule has 0 saturated heterocycles. The highest BCUT2D eigenvalue weighted by Gasteiger charge is 2.34. The minimum atomic E-state index is -0.297. The Bertz CT molecular complexity index is 806. The first-order chi connectivity index (χ1) is 12.3. The fraction of sp³-hybridized carbons (Fsp3) is 0.381. The van der Waals surface area contributed by atoms with Gasteiger partial charge in [0.05, 0.1) is 11.8 Å². The Labute approximate surface area is 164 Å². The molecule has 0 spiro atoms. The Kier molecular flexibility index (Phi) is 5.83. The van der Waals surface area contributed by atoms with Gasteiger partial charge in [0, 0.05) is 22.8 Å². The predicted octanol–water partition coefficient (Wildman–Crippen LogP) is 5.30. The van der Waals surface area contributed by atoms with Crippen molar-refractivity contribution in [2.75, 3.05) is 5.75 Å². The van der Waals surface area contributed by atoms with Gasteiger partial charge < -0.3 is 10.1 Å². The Morgan fingerprint density at radius 2 is 2.12 bits per heavy atom. The first-order valence-corrected chi connectivity index (χ1v) is 10.3. The number of hydrogen-bond acceptors (Lipinski definition) is 3. The summed E-state index contributed by atoms with van der Waals surface area (Å²) in [5.74, 6) is 2.10. The van der Waals surface area contributed by atoms with Gasteiger partial charge in [-0.1, -0.05) is 41.4 Å². The van der Waals surface area contributed by atoms with Crippen molar-refractivity contribution in [2.45, 2.75) is 44.6 Å². The summed E-state index contributed by atoms with van der Waals surface area (Å²) in [6, 6.07) is 13.9. The number of aryl methyl sites for hydroxylation is 1. The lowest BCUT2D eigenvalue weighted by molar-refractivity contribution is -0.119. The second-order valence-corrected chi connectivity index (χ2v) is 8.77. The quantitative estimate of drug-likeness (QED) is 0.753. The van der Waals surface area contributed by atoms with Gasteiger partial charge in [-0.05, 0) is 44.5 Å². The van der Waals surface area contributed by atoms with Crippen LogP contribution in [0, 0.1) is 6.92 Å². The maximum Gasteiger partial charge on any atom is 0.230 e. The summed E-state index contributed by atoms with van der Waals surface area (Å²) in [6.07, 6.45) is 0.758. The van der Waals surface area contributed by atoms with Crippen molar-refractivity contribution >= 4 is 29.3 Å². The van der Waals surface area contributed by atoms with E-state index in [2.05, 4.69) is 32.2 Å². The standard InChI is InChI=1S/C21H24ClNO2S/c1-14-7-8-19-17(9-14)18(11-21(2,3)25-19)23-20(24)13-26-12-15-5-4-6-16(22)10-15/h4-10,18H,11-13H2,1-3H3,(H,23,24). The molecule has 0 fully saturated rings. The Balaban J connectivity index is 1.61. The summed E-state index contributed by atoms with van der Waals surface area (Å²) < 4.78 is 6.07. The maximum atomic E-state index is 12.5. The zero-order valence-corrected chi connectivity index (χ0v) is 16.9. The van der Waals surface area contributed by atoms with Crippen molar-refractivity contribution in [1.29, 1.82) is 0 Å². The van der Waals surface area contributed by atoms with E-state index >= 15 is 0 Å². The van der Waals surface area contributed by atoms with E-state index in [4.69, 9.17) is 16.3 Å². The number of hydrogen-bond donors (Lipinski definition) is 1. The lowest BCUT2D eigenvalue weighted by Crippen LogP contribution is -2.41. The molecule has 1 aliphatic rings. The number of halogens is 1. The number of thioether (sulfide) groups is 1. The van der Waals surface area contributed by atoms with Crippen molar-refractivity contribution in [2.24, 2.45) is 0 Å². The minimum absolute atomic E-state index is 0.0204. The summed E-state index contributed by atoms with van der Waals surface area (Å²) in [7, 11) is 0. The molecule has 2 aromatic rings.